The molecule has 0 aromatic heterocycles. The zero-order valence-corrected chi connectivity index (χ0v) is 12.4. The summed E-state index contributed by atoms with van der Waals surface area (Å²) < 4.78 is 5.62. The van der Waals surface area contributed by atoms with E-state index in [1.54, 1.807) is 0 Å². The minimum Gasteiger partial charge on any atom is -0.381 e. The summed E-state index contributed by atoms with van der Waals surface area (Å²) in [4.78, 5) is 2.42. The number of nitrogens with one attached hydrogen (secondary N) is 1. The van der Waals surface area contributed by atoms with Gasteiger partial charge in [-0.1, -0.05) is 29.8 Å². The van der Waals surface area contributed by atoms with Gasteiger partial charge in [0.1, 0.15) is 0 Å². The number of hydrogen-bond donors (Lipinski definition) is 1. The molecule has 0 amide bonds. The van der Waals surface area contributed by atoms with Gasteiger partial charge in [-0.05, 0) is 33.0 Å². The van der Waals surface area contributed by atoms with Crippen LogP contribution in [-0.4, -0.2) is 45.3 Å². The molecule has 2 rings (SSSR count). The average Bonchev–Trinajstić information content (AvgIpc) is 2.77. The van der Waals surface area contributed by atoms with Crippen molar-refractivity contribution in [3.8, 4) is 0 Å². The Morgan fingerprint density at radius 3 is 2.89 bits per heavy atom. The molecule has 1 aromatic rings. The molecular formula is C16H26N2O. The standard InChI is InChI=1S/C16H26N2O/c1-14-5-4-6-15(9-14)10-18(3)12-16(11-17-2)7-8-19-13-16/h4-6,9,17H,7-8,10-13H2,1-3H3. The van der Waals surface area contributed by atoms with Crippen LogP contribution in [0, 0.1) is 12.3 Å². The van der Waals surface area contributed by atoms with Crippen LogP contribution >= 0.6 is 0 Å². The first-order valence-electron chi connectivity index (χ1n) is 7.10. The van der Waals surface area contributed by atoms with Gasteiger partial charge >= 0.3 is 0 Å². The number of benzene rings is 1. The molecule has 106 valence electrons. The van der Waals surface area contributed by atoms with Gasteiger partial charge in [-0.2, -0.15) is 0 Å². The van der Waals surface area contributed by atoms with Crippen LogP contribution in [0.5, 0.6) is 0 Å². The summed E-state index contributed by atoms with van der Waals surface area (Å²) in [6.45, 7) is 7.06. The van der Waals surface area contributed by atoms with Crippen molar-refractivity contribution >= 4 is 0 Å². The lowest BCUT2D eigenvalue weighted by atomic mass is 9.86. The first-order chi connectivity index (χ1) is 9.13. The monoisotopic (exact) mass is 262 g/mol. The van der Waals surface area contributed by atoms with E-state index in [9.17, 15) is 0 Å². The first kappa shape index (κ1) is 14.5. The minimum absolute atomic E-state index is 0.285. The largest absolute Gasteiger partial charge is 0.381 e. The van der Waals surface area contributed by atoms with Crippen molar-refractivity contribution < 1.29 is 4.74 Å². The maximum absolute atomic E-state index is 5.62. The highest BCUT2D eigenvalue weighted by Gasteiger charge is 2.35. The molecule has 1 atom stereocenters. The van der Waals surface area contributed by atoms with Crippen LogP contribution in [0.2, 0.25) is 0 Å². The SMILES string of the molecule is CNCC1(CN(C)Cc2cccc(C)c2)CCOC1. The van der Waals surface area contributed by atoms with Gasteiger partial charge in [0, 0.05) is 31.7 Å². The zero-order valence-electron chi connectivity index (χ0n) is 12.4. The Hall–Kier alpha value is -0.900. The highest BCUT2D eigenvalue weighted by Crippen LogP contribution is 2.29. The van der Waals surface area contributed by atoms with Crippen molar-refractivity contribution in [3.63, 3.8) is 0 Å². The molecule has 0 aliphatic carbocycles. The second kappa shape index (κ2) is 6.51. The summed E-state index contributed by atoms with van der Waals surface area (Å²) in [5.41, 5.74) is 3.01. The maximum Gasteiger partial charge on any atom is 0.0547 e. The van der Waals surface area contributed by atoms with Crippen molar-refractivity contribution in [3.05, 3.63) is 35.4 Å². The van der Waals surface area contributed by atoms with Crippen molar-refractivity contribution in [2.45, 2.75) is 19.9 Å². The Kier molecular flexibility index (Phi) is 4.97. The van der Waals surface area contributed by atoms with Gasteiger partial charge in [0.15, 0.2) is 0 Å². The van der Waals surface area contributed by atoms with Gasteiger partial charge in [-0.25, -0.2) is 0 Å². The van der Waals surface area contributed by atoms with Crippen molar-refractivity contribution in [2.75, 3.05) is 40.4 Å². The molecule has 1 heterocycles. The van der Waals surface area contributed by atoms with E-state index in [1.807, 2.05) is 7.05 Å². The Morgan fingerprint density at radius 1 is 1.42 bits per heavy atom. The summed E-state index contributed by atoms with van der Waals surface area (Å²) in [7, 11) is 4.23. The van der Waals surface area contributed by atoms with E-state index in [0.29, 0.717) is 0 Å². The quantitative estimate of drug-likeness (QED) is 0.849. The number of nitrogens with zero attached hydrogens (tertiary/aromatic N) is 1. The molecule has 1 fully saturated rings. The normalized spacial score (nSPS) is 23.2. The predicted octanol–water partition coefficient (Wildman–Crippen LogP) is 2.05. The fourth-order valence-corrected chi connectivity index (χ4v) is 3.10. The molecule has 1 aromatic carbocycles. The maximum atomic E-state index is 5.62. The van der Waals surface area contributed by atoms with E-state index in [2.05, 4.69) is 48.5 Å². The lowest BCUT2D eigenvalue weighted by molar-refractivity contribution is 0.118. The van der Waals surface area contributed by atoms with Gasteiger partial charge in [0.25, 0.3) is 0 Å². The molecule has 1 N–H and O–H groups in total. The molecule has 0 spiro atoms. The van der Waals surface area contributed by atoms with E-state index >= 15 is 0 Å². The van der Waals surface area contributed by atoms with Gasteiger partial charge in [-0.15, -0.1) is 0 Å². The molecule has 1 saturated heterocycles. The number of ether oxygens (including phenoxy) is 1. The Labute approximate surface area is 116 Å². The van der Waals surface area contributed by atoms with Crippen molar-refractivity contribution in [1.29, 1.82) is 0 Å². The van der Waals surface area contributed by atoms with E-state index in [0.717, 1.165) is 39.3 Å². The number of aryl methyl sites for hydroxylation is 1. The molecule has 1 aliphatic heterocycles. The molecule has 0 bridgehead atoms. The Morgan fingerprint density at radius 2 is 2.26 bits per heavy atom. The van der Waals surface area contributed by atoms with Crippen LogP contribution in [0.25, 0.3) is 0 Å². The average molecular weight is 262 g/mol. The summed E-state index contributed by atoms with van der Waals surface area (Å²) in [5.74, 6) is 0. The molecule has 0 saturated carbocycles. The zero-order chi connectivity index (χ0) is 13.7. The fraction of sp³-hybridized carbons (Fsp3) is 0.625. The second-order valence-electron chi connectivity index (χ2n) is 5.99. The predicted molar refractivity (Wildman–Crippen MR) is 79.3 cm³/mol. The van der Waals surface area contributed by atoms with Gasteiger partial charge in [0.2, 0.25) is 0 Å². The molecule has 1 unspecified atom stereocenters. The van der Waals surface area contributed by atoms with Crippen LogP contribution in [0.4, 0.5) is 0 Å². The van der Waals surface area contributed by atoms with Crippen LogP contribution < -0.4 is 5.32 Å². The molecule has 3 heteroatoms. The third-order valence-electron chi connectivity index (χ3n) is 3.88. The smallest absolute Gasteiger partial charge is 0.0547 e. The molecule has 0 radical (unpaired) electrons. The van der Waals surface area contributed by atoms with Gasteiger partial charge in [-0.3, -0.25) is 0 Å². The highest BCUT2D eigenvalue weighted by molar-refractivity contribution is 5.22. The topological polar surface area (TPSA) is 24.5 Å². The summed E-state index contributed by atoms with van der Waals surface area (Å²) in [5, 5.41) is 3.32. The first-order valence-corrected chi connectivity index (χ1v) is 7.10. The van der Waals surface area contributed by atoms with Crippen molar-refractivity contribution in [1.82, 2.24) is 10.2 Å². The summed E-state index contributed by atoms with van der Waals surface area (Å²) in [6, 6.07) is 8.77. The Balaban J connectivity index is 1.94. The summed E-state index contributed by atoms with van der Waals surface area (Å²) >= 11 is 0. The van der Waals surface area contributed by atoms with Gasteiger partial charge < -0.3 is 15.0 Å². The van der Waals surface area contributed by atoms with E-state index in [1.165, 1.54) is 11.1 Å². The molecule has 1 aliphatic rings. The fourth-order valence-electron chi connectivity index (χ4n) is 3.10. The van der Waals surface area contributed by atoms with E-state index in [-0.39, 0.29) is 5.41 Å². The number of hydrogen-bond acceptors (Lipinski definition) is 3. The number of rotatable bonds is 6. The molecule has 19 heavy (non-hydrogen) atoms. The third kappa shape index (κ3) is 4.03. The van der Waals surface area contributed by atoms with Crippen LogP contribution in [0.3, 0.4) is 0 Å². The van der Waals surface area contributed by atoms with Crippen molar-refractivity contribution in [2.24, 2.45) is 5.41 Å². The lowest BCUT2D eigenvalue weighted by Crippen LogP contribution is -2.42. The minimum atomic E-state index is 0.285. The van der Waals surface area contributed by atoms with Gasteiger partial charge in [0.05, 0.1) is 6.61 Å². The molecule has 3 nitrogen and oxygen atoms in total. The summed E-state index contributed by atoms with van der Waals surface area (Å²) in [6.07, 6.45) is 1.16. The molecular weight excluding hydrogens is 236 g/mol. The third-order valence-corrected chi connectivity index (χ3v) is 3.88. The Bertz CT molecular complexity index is 399. The van der Waals surface area contributed by atoms with Crippen LogP contribution in [-0.2, 0) is 11.3 Å². The second-order valence-corrected chi connectivity index (χ2v) is 5.99. The van der Waals surface area contributed by atoms with Crippen LogP contribution in [0.15, 0.2) is 24.3 Å². The lowest BCUT2D eigenvalue weighted by Gasteiger charge is -2.32. The van der Waals surface area contributed by atoms with E-state index in [4.69, 9.17) is 4.74 Å². The van der Waals surface area contributed by atoms with E-state index < -0.39 is 0 Å². The van der Waals surface area contributed by atoms with Crippen LogP contribution in [0.1, 0.15) is 17.5 Å². The highest BCUT2D eigenvalue weighted by atomic mass is 16.5.